The van der Waals surface area contributed by atoms with Gasteiger partial charge in [-0.1, -0.05) is 6.42 Å². The van der Waals surface area contributed by atoms with Gasteiger partial charge in [0.15, 0.2) is 0 Å². The summed E-state index contributed by atoms with van der Waals surface area (Å²) >= 11 is 0. The van der Waals surface area contributed by atoms with Gasteiger partial charge in [-0.05, 0) is 77.1 Å². The zero-order chi connectivity index (χ0) is 27.2. The number of aromatic amines is 1. The lowest BCUT2D eigenvalue weighted by atomic mass is 9.84. The van der Waals surface area contributed by atoms with Crippen LogP contribution >= 0.6 is 0 Å². The van der Waals surface area contributed by atoms with Crippen molar-refractivity contribution in [3.8, 4) is 0 Å². The number of carbonyl (C=O) groups excluding carboxylic acids is 2. The molecule has 0 saturated heterocycles. The predicted octanol–water partition coefficient (Wildman–Crippen LogP) is 4.23. The van der Waals surface area contributed by atoms with E-state index in [2.05, 4.69) is 52.1 Å². The smallest absolute Gasteiger partial charge is 0.254 e. The van der Waals surface area contributed by atoms with Crippen LogP contribution in [-0.2, 0) is 19.6 Å². The van der Waals surface area contributed by atoms with E-state index in [9.17, 15) is 9.59 Å². The molecule has 3 aromatic rings. The first kappa shape index (κ1) is 27.6. The van der Waals surface area contributed by atoms with Gasteiger partial charge in [0.1, 0.15) is 11.6 Å². The van der Waals surface area contributed by atoms with Gasteiger partial charge < -0.3 is 20.2 Å². The summed E-state index contributed by atoms with van der Waals surface area (Å²) in [6.07, 6.45) is 12.1. The number of nitrogens with two attached hydrogens (primary N) is 1. The van der Waals surface area contributed by atoms with Crippen molar-refractivity contribution in [2.75, 3.05) is 0 Å². The van der Waals surface area contributed by atoms with Crippen LogP contribution in [0.5, 0.6) is 0 Å². The normalized spacial score (nSPS) is 17.9. The van der Waals surface area contributed by atoms with Gasteiger partial charge in [0, 0.05) is 60.6 Å². The molecule has 1 fully saturated rings. The average molecular weight is 520 g/mol. The van der Waals surface area contributed by atoms with Crippen LogP contribution in [0.2, 0.25) is 0 Å². The second kappa shape index (κ2) is 12.4. The average Bonchev–Trinajstić information content (AvgIpc) is 3.55. The van der Waals surface area contributed by atoms with Crippen LogP contribution in [0.1, 0.15) is 85.7 Å². The maximum Gasteiger partial charge on any atom is 0.254 e. The number of rotatable bonds is 11. The van der Waals surface area contributed by atoms with E-state index >= 15 is 0 Å². The number of carbonyl (C=O) groups is 2. The number of hydrogen-bond donors (Lipinski definition) is 2. The minimum absolute atomic E-state index is 0.158. The van der Waals surface area contributed by atoms with Gasteiger partial charge in [0.25, 0.3) is 5.91 Å². The van der Waals surface area contributed by atoms with Gasteiger partial charge in [-0.25, -0.2) is 9.97 Å². The van der Waals surface area contributed by atoms with Crippen LogP contribution < -0.4 is 5.73 Å². The van der Waals surface area contributed by atoms with E-state index in [4.69, 9.17) is 5.73 Å². The molecule has 2 amide bonds. The number of hydrogen-bond acceptors (Lipinski definition) is 5. The lowest BCUT2D eigenvalue weighted by Gasteiger charge is -2.42. The monoisotopic (exact) mass is 519 g/mol. The van der Waals surface area contributed by atoms with Crippen molar-refractivity contribution in [1.29, 1.82) is 0 Å². The first-order chi connectivity index (χ1) is 18.2. The van der Waals surface area contributed by atoms with Crippen molar-refractivity contribution in [1.82, 2.24) is 29.3 Å². The summed E-state index contributed by atoms with van der Waals surface area (Å²) in [4.78, 5) is 41.5. The van der Waals surface area contributed by atoms with E-state index in [1.165, 1.54) is 25.7 Å². The first-order valence-electron chi connectivity index (χ1n) is 13.7. The highest BCUT2D eigenvalue weighted by molar-refractivity contribution is 5.97. The molecule has 0 spiro atoms. The molecule has 9 nitrogen and oxygen atoms in total. The Labute approximate surface area is 225 Å². The Morgan fingerprint density at radius 3 is 2.37 bits per heavy atom. The summed E-state index contributed by atoms with van der Waals surface area (Å²) in [5.41, 5.74) is 6.22. The van der Waals surface area contributed by atoms with E-state index in [-0.39, 0.29) is 5.91 Å². The second-order valence-corrected chi connectivity index (χ2v) is 11.0. The van der Waals surface area contributed by atoms with Crippen molar-refractivity contribution in [3.63, 3.8) is 0 Å². The van der Waals surface area contributed by atoms with Crippen LogP contribution in [0, 0.1) is 5.92 Å². The van der Waals surface area contributed by atoms with Crippen LogP contribution in [0.25, 0.3) is 0 Å². The molecule has 204 valence electrons. The standard InChI is InChI=1S/C29H41N7O2/c1-20(2)36(21(3)4)25-7-5-6-22(16-25)17-34-15-14-33-27(34)19-35(18-26-31-12-13-32-26)29(38)24-10-8-23(9-11-24)28(30)37/h8-15,20-22,25H,5-7,16-19H2,1-4H3,(H2,30,37)(H,31,32). The Morgan fingerprint density at radius 2 is 1.74 bits per heavy atom. The molecule has 38 heavy (non-hydrogen) atoms. The highest BCUT2D eigenvalue weighted by Gasteiger charge is 2.30. The number of nitrogens with one attached hydrogen (secondary N) is 1. The number of aromatic nitrogens is 4. The highest BCUT2D eigenvalue weighted by Crippen LogP contribution is 2.31. The van der Waals surface area contributed by atoms with E-state index in [1.54, 1.807) is 41.6 Å². The SMILES string of the molecule is CC(C)N(C(C)C)C1CCCC(Cn2ccnc2CN(Cc2ncc[nH]2)C(=O)c2ccc(C(N)=O)cc2)C1. The molecule has 1 saturated carbocycles. The number of amides is 2. The summed E-state index contributed by atoms with van der Waals surface area (Å²) in [5.74, 6) is 1.44. The number of nitrogens with zero attached hydrogens (tertiary/aromatic N) is 5. The second-order valence-electron chi connectivity index (χ2n) is 11.0. The molecule has 4 rings (SSSR count). The summed E-state index contributed by atoms with van der Waals surface area (Å²) < 4.78 is 2.21. The fraction of sp³-hybridized carbons (Fsp3) is 0.517. The highest BCUT2D eigenvalue weighted by atomic mass is 16.2. The quantitative estimate of drug-likeness (QED) is 0.394. The number of imidazole rings is 2. The minimum atomic E-state index is -0.520. The summed E-state index contributed by atoms with van der Waals surface area (Å²) in [6.45, 7) is 10.7. The largest absolute Gasteiger partial charge is 0.366 e. The number of benzene rings is 1. The zero-order valence-corrected chi connectivity index (χ0v) is 23.0. The van der Waals surface area contributed by atoms with Crippen molar-refractivity contribution in [2.24, 2.45) is 11.7 Å². The number of primary amides is 1. The number of H-pyrrole nitrogens is 1. The molecule has 2 atom stereocenters. The molecule has 0 aliphatic heterocycles. The lowest BCUT2D eigenvalue weighted by Crippen LogP contribution is -2.47. The Bertz CT molecular complexity index is 1180. The molecule has 1 aromatic carbocycles. The topological polar surface area (TPSA) is 113 Å². The van der Waals surface area contributed by atoms with Crippen LogP contribution in [0.15, 0.2) is 49.1 Å². The summed E-state index contributed by atoms with van der Waals surface area (Å²) in [7, 11) is 0. The maximum atomic E-state index is 13.6. The molecule has 0 bridgehead atoms. The van der Waals surface area contributed by atoms with E-state index in [1.807, 2.05) is 12.4 Å². The Morgan fingerprint density at radius 1 is 1.03 bits per heavy atom. The van der Waals surface area contributed by atoms with Gasteiger partial charge in [-0.2, -0.15) is 0 Å². The first-order valence-corrected chi connectivity index (χ1v) is 13.7. The van der Waals surface area contributed by atoms with Gasteiger partial charge in [0.2, 0.25) is 5.91 Å². The molecule has 2 unspecified atom stereocenters. The van der Waals surface area contributed by atoms with Crippen molar-refractivity contribution < 1.29 is 9.59 Å². The molecule has 2 heterocycles. The third kappa shape index (κ3) is 6.69. The molecule has 9 heteroatoms. The fourth-order valence-corrected chi connectivity index (χ4v) is 5.97. The third-order valence-electron chi connectivity index (χ3n) is 7.56. The van der Waals surface area contributed by atoms with Crippen LogP contribution in [-0.4, -0.2) is 59.3 Å². The minimum Gasteiger partial charge on any atom is -0.366 e. The van der Waals surface area contributed by atoms with Crippen molar-refractivity contribution >= 4 is 11.8 Å². The molecular weight excluding hydrogens is 478 g/mol. The van der Waals surface area contributed by atoms with E-state index in [0.717, 1.165) is 12.4 Å². The molecule has 0 radical (unpaired) electrons. The molecule has 2 aromatic heterocycles. The van der Waals surface area contributed by atoms with Gasteiger partial charge in [-0.15, -0.1) is 0 Å². The molecule has 1 aliphatic carbocycles. The Hall–Kier alpha value is -3.46. The third-order valence-corrected chi connectivity index (χ3v) is 7.56. The molecule has 1 aliphatic rings. The lowest BCUT2D eigenvalue weighted by molar-refractivity contribution is 0.0655. The predicted molar refractivity (Wildman–Crippen MR) is 147 cm³/mol. The zero-order valence-electron chi connectivity index (χ0n) is 23.0. The van der Waals surface area contributed by atoms with Crippen LogP contribution in [0.3, 0.4) is 0 Å². The Kier molecular flexibility index (Phi) is 8.99. The maximum absolute atomic E-state index is 13.6. The van der Waals surface area contributed by atoms with Crippen molar-refractivity contribution in [2.45, 2.75) is 91.1 Å². The summed E-state index contributed by atoms with van der Waals surface area (Å²) in [6, 6.07) is 8.10. The van der Waals surface area contributed by atoms with Crippen LogP contribution in [0.4, 0.5) is 0 Å². The van der Waals surface area contributed by atoms with Gasteiger partial charge in [-0.3, -0.25) is 14.5 Å². The van der Waals surface area contributed by atoms with E-state index < -0.39 is 5.91 Å². The van der Waals surface area contributed by atoms with Gasteiger partial charge in [0.05, 0.1) is 13.1 Å². The fourth-order valence-electron chi connectivity index (χ4n) is 5.97. The van der Waals surface area contributed by atoms with Crippen molar-refractivity contribution in [3.05, 3.63) is 71.8 Å². The van der Waals surface area contributed by atoms with E-state index in [0.29, 0.717) is 54.1 Å². The summed E-state index contributed by atoms with van der Waals surface area (Å²) in [5, 5.41) is 0. The molecular formula is C29H41N7O2. The van der Waals surface area contributed by atoms with Gasteiger partial charge >= 0.3 is 0 Å². The molecule has 3 N–H and O–H groups in total. The Balaban J connectivity index is 1.50.